The Hall–Kier alpha value is -3.68. The first-order chi connectivity index (χ1) is 12.8. The third-order valence-corrected chi connectivity index (χ3v) is 4.02. The molecule has 0 atom stereocenters. The summed E-state index contributed by atoms with van der Waals surface area (Å²) in [5.41, 5.74) is 3.33. The van der Waals surface area contributed by atoms with E-state index in [9.17, 15) is 19.7 Å². The third kappa shape index (κ3) is 4.12. The lowest BCUT2D eigenvalue weighted by atomic mass is 10.0. The Kier molecular flexibility index (Phi) is 4.89. The van der Waals surface area contributed by atoms with Crippen molar-refractivity contribution in [2.45, 2.75) is 20.5 Å². The molecule has 1 heterocycles. The summed E-state index contributed by atoms with van der Waals surface area (Å²) < 4.78 is 5.86. The molecule has 2 N–H and O–H groups in total. The van der Waals surface area contributed by atoms with Gasteiger partial charge in [-0.15, -0.1) is 0 Å². The molecular formula is C19H17N3O5. The molecule has 8 heteroatoms. The normalized spacial score (nSPS) is 14.8. The number of carbonyl (C=O) groups excluding carboxylic acids is 2. The van der Waals surface area contributed by atoms with Gasteiger partial charge in [0.05, 0.1) is 4.92 Å². The first-order valence-electron chi connectivity index (χ1n) is 8.15. The van der Waals surface area contributed by atoms with Crippen molar-refractivity contribution < 1.29 is 19.2 Å². The molecule has 1 fully saturated rings. The highest BCUT2D eigenvalue weighted by Crippen LogP contribution is 2.27. The standard InChI is InChI=1S/C19H17N3O5/c1-11-6-14(9-16-18(23)21-19(24)20-16)7-12(2)17(11)27-10-13-4-3-5-15(8-13)22(25)26/h3-9H,10H2,1-2H3,(H2,20,21,23,24)/b16-9-. The fraction of sp³-hybridized carbons (Fsp3) is 0.158. The van der Waals surface area contributed by atoms with E-state index >= 15 is 0 Å². The van der Waals surface area contributed by atoms with E-state index in [2.05, 4.69) is 10.6 Å². The molecule has 3 amide bonds. The van der Waals surface area contributed by atoms with Gasteiger partial charge in [-0.05, 0) is 54.3 Å². The summed E-state index contributed by atoms with van der Waals surface area (Å²) in [6.45, 7) is 3.93. The van der Waals surface area contributed by atoms with Crippen LogP contribution in [0.5, 0.6) is 5.75 Å². The van der Waals surface area contributed by atoms with E-state index in [1.165, 1.54) is 12.1 Å². The van der Waals surface area contributed by atoms with Crippen LogP contribution < -0.4 is 15.4 Å². The number of nitrogens with one attached hydrogen (secondary N) is 2. The number of benzene rings is 2. The van der Waals surface area contributed by atoms with Gasteiger partial charge < -0.3 is 10.1 Å². The highest BCUT2D eigenvalue weighted by molar-refractivity contribution is 6.14. The molecule has 1 aliphatic heterocycles. The highest BCUT2D eigenvalue weighted by atomic mass is 16.6. The number of nitro benzene ring substituents is 1. The molecule has 1 saturated heterocycles. The van der Waals surface area contributed by atoms with Crippen molar-refractivity contribution in [1.29, 1.82) is 0 Å². The average molecular weight is 367 g/mol. The monoisotopic (exact) mass is 367 g/mol. The minimum atomic E-state index is -0.545. The number of nitrogens with zero attached hydrogens (tertiary/aromatic N) is 1. The summed E-state index contributed by atoms with van der Waals surface area (Å²) in [4.78, 5) is 33.2. The molecule has 0 saturated carbocycles. The number of amides is 3. The van der Waals surface area contributed by atoms with Gasteiger partial charge in [0.15, 0.2) is 0 Å². The average Bonchev–Trinajstić information content (AvgIpc) is 2.91. The predicted octanol–water partition coefficient (Wildman–Crippen LogP) is 2.97. The van der Waals surface area contributed by atoms with Crippen LogP contribution in [0.4, 0.5) is 10.5 Å². The number of hydrogen-bond acceptors (Lipinski definition) is 5. The van der Waals surface area contributed by atoms with Crippen molar-refractivity contribution in [3.63, 3.8) is 0 Å². The van der Waals surface area contributed by atoms with Gasteiger partial charge in [-0.1, -0.05) is 12.1 Å². The van der Waals surface area contributed by atoms with Gasteiger partial charge in [0.1, 0.15) is 18.1 Å². The Morgan fingerprint density at radius 3 is 2.41 bits per heavy atom. The van der Waals surface area contributed by atoms with Gasteiger partial charge in [0.25, 0.3) is 11.6 Å². The number of ether oxygens (including phenoxy) is 1. The summed E-state index contributed by atoms with van der Waals surface area (Å²) >= 11 is 0. The number of nitro groups is 1. The molecule has 138 valence electrons. The quantitative estimate of drug-likeness (QED) is 0.365. The second kappa shape index (κ2) is 7.28. The Morgan fingerprint density at radius 2 is 1.81 bits per heavy atom. The van der Waals surface area contributed by atoms with Crippen LogP contribution in [-0.4, -0.2) is 16.9 Å². The number of imide groups is 1. The van der Waals surface area contributed by atoms with E-state index in [0.717, 1.165) is 16.7 Å². The van der Waals surface area contributed by atoms with Crippen LogP contribution in [0.15, 0.2) is 42.1 Å². The van der Waals surface area contributed by atoms with Gasteiger partial charge in [-0.3, -0.25) is 20.2 Å². The van der Waals surface area contributed by atoms with Crippen molar-refractivity contribution in [3.8, 4) is 5.75 Å². The maximum Gasteiger partial charge on any atom is 0.326 e. The molecule has 0 aliphatic carbocycles. The summed E-state index contributed by atoms with van der Waals surface area (Å²) in [6, 6.07) is 9.41. The van der Waals surface area contributed by atoms with E-state index in [-0.39, 0.29) is 18.0 Å². The molecular weight excluding hydrogens is 350 g/mol. The topological polar surface area (TPSA) is 111 Å². The largest absolute Gasteiger partial charge is 0.488 e. The fourth-order valence-electron chi connectivity index (χ4n) is 2.86. The van der Waals surface area contributed by atoms with Crippen molar-refractivity contribution in [2.24, 2.45) is 0 Å². The summed E-state index contributed by atoms with van der Waals surface area (Å²) in [7, 11) is 0. The lowest BCUT2D eigenvalue weighted by Crippen LogP contribution is -2.22. The molecule has 8 nitrogen and oxygen atoms in total. The second-order valence-corrected chi connectivity index (χ2v) is 6.17. The zero-order valence-corrected chi connectivity index (χ0v) is 14.7. The van der Waals surface area contributed by atoms with Crippen molar-refractivity contribution in [2.75, 3.05) is 0 Å². The first kappa shape index (κ1) is 18.1. The van der Waals surface area contributed by atoms with Crippen LogP contribution >= 0.6 is 0 Å². The zero-order valence-electron chi connectivity index (χ0n) is 14.7. The van der Waals surface area contributed by atoms with E-state index in [4.69, 9.17) is 4.74 Å². The van der Waals surface area contributed by atoms with E-state index in [0.29, 0.717) is 11.3 Å². The first-order valence-corrected chi connectivity index (χ1v) is 8.15. The number of aryl methyl sites for hydroxylation is 2. The number of non-ortho nitro benzene ring substituents is 1. The lowest BCUT2D eigenvalue weighted by molar-refractivity contribution is -0.384. The van der Waals surface area contributed by atoms with Crippen LogP contribution in [0, 0.1) is 24.0 Å². The molecule has 2 aromatic carbocycles. The van der Waals surface area contributed by atoms with E-state index in [1.807, 2.05) is 26.0 Å². The van der Waals surface area contributed by atoms with Crippen LogP contribution in [0.1, 0.15) is 22.3 Å². The molecule has 0 bridgehead atoms. The Labute approximate surface area is 155 Å². The molecule has 1 aliphatic rings. The van der Waals surface area contributed by atoms with Crippen LogP contribution in [0.25, 0.3) is 6.08 Å². The molecule has 3 rings (SSSR count). The maximum absolute atomic E-state index is 11.6. The summed E-state index contributed by atoms with van der Waals surface area (Å²) in [5, 5.41) is 15.5. The van der Waals surface area contributed by atoms with Crippen LogP contribution in [0.2, 0.25) is 0 Å². The fourth-order valence-corrected chi connectivity index (χ4v) is 2.86. The minimum Gasteiger partial charge on any atom is -0.488 e. The van der Waals surface area contributed by atoms with Gasteiger partial charge >= 0.3 is 6.03 Å². The highest BCUT2D eigenvalue weighted by Gasteiger charge is 2.22. The number of hydrogen-bond donors (Lipinski definition) is 2. The number of rotatable bonds is 5. The van der Waals surface area contributed by atoms with Crippen molar-refractivity contribution in [3.05, 3.63) is 74.5 Å². The van der Waals surface area contributed by atoms with Crippen molar-refractivity contribution in [1.82, 2.24) is 10.6 Å². The van der Waals surface area contributed by atoms with Gasteiger partial charge in [0.2, 0.25) is 0 Å². The van der Waals surface area contributed by atoms with Crippen LogP contribution in [0.3, 0.4) is 0 Å². The smallest absolute Gasteiger partial charge is 0.326 e. The third-order valence-electron chi connectivity index (χ3n) is 4.02. The SMILES string of the molecule is Cc1cc(/C=C2\NC(=O)NC2=O)cc(C)c1OCc1cccc([N+](=O)[O-])c1. The molecule has 0 aromatic heterocycles. The predicted molar refractivity (Wildman–Crippen MR) is 98.0 cm³/mol. The molecule has 27 heavy (non-hydrogen) atoms. The second-order valence-electron chi connectivity index (χ2n) is 6.17. The van der Waals surface area contributed by atoms with Gasteiger partial charge in [0, 0.05) is 12.1 Å². The summed E-state index contributed by atoms with van der Waals surface area (Å²) in [5.74, 6) is 0.199. The Bertz CT molecular complexity index is 958. The van der Waals surface area contributed by atoms with Crippen LogP contribution in [-0.2, 0) is 11.4 Å². The summed E-state index contributed by atoms with van der Waals surface area (Å²) in [6.07, 6.45) is 1.59. The molecule has 0 spiro atoms. The van der Waals surface area contributed by atoms with E-state index < -0.39 is 16.9 Å². The Morgan fingerprint density at radius 1 is 1.11 bits per heavy atom. The van der Waals surface area contributed by atoms with E-state index in [1.54, 1.807) is 18.2 Å². The van der Waals surface area contributed by atoms with Gasteiger partial charge in [-0.25, -0.2) is 4.79 Å². The minimum absolute atomic E-state index is 0.0170. The zero-order chi connectivity index (χ0) is 19.6. The molecule has 0 radical (unpaired) electrons. The van der Waals surface area contributed by atoms with Crippen molar-refractivity contribution >= 4 is 23.7 Å². The number of carbonyl (C=O) groups is 2. The van der Waals surface area contributed by atoms with Gasteiger partial charge in [-0.2, -0.15) is 0 Å². The maximum atomic E-state index is 11.6. The number of urea groups is 1. The molecule has 0 unspecified atom stereocenters. The molecule has 2 aromatic rings. The lowest BCUT2D eigenvalue weighted by Gasteiger charge is -2.13. The Balaban J connectivity index is 1.78.